The minimum absolute atomic E-state index is 0.271. The van der Waals surface area contributed by atoms with Gasteiger partial charge in [0.2, 0.25) is 0 Å². The highest BCUT2D eigenvalue weighted by atomic mass is 16.5. The molecule has 146 valence electrons. The lowest BCUT2D eigenvalue weighted by molar-refractivity contribution is 0.102. The van der Waals surface area contributed by atoms with Gasteiger partial charge in [-0.1, -0.05) is 30.3 Å². The predicted octanol–water partition coefficient (Wildman–Crippen LogP) is 5.09. The number of para-hydroxylation sites is 3. The summed E-state index contributed by atoms with van der Waals surface area (Å²) in [6, 6.07) is 20.5. The molecular formula is C23H21N3O3. The highest BCUT2D eigenvalue weighted by Crippen LogP contribution is 2.30. The number of hydrogen-bond acceptors (Lipinski definition) is 4. The maximum atomic E-state index is 13.1. The third kappa shape index (κ3) is 3.78. The van der Waals surface area contributed by atoms with Crippen molar-refractivity contribution < 1.29 is 14.3 Å². The summed E-state index contributed by atoms with van der Waals surface area (Å²) in [5.74, 6) is 1.63. The van der Waals surface area contributed by atoms with Crippen LogP contribution in [0.1, 0.15) is 23.1 Å². The Bertz CT molecular complexity index is 1150. The molecule has 29 heavy (non-hydrogen) atoms. The van der Waals surface area contributed by atoms with E-state index < -0.39 is 0 Å². The third-order valence-electron chi connectivity index (χ3n) is 4.41. The van der Waals surface area contributed by atoms with Crippen LogP contribution in [-0.2, 0) is 0 Å². The first kappa shape index (κ1) is 18.6. The number of imidazole rings is 1. The van der Waals surface area contributed by atoms with Crippen molar-refractivity contribution in [1.82, 2.24) is 9.38 Å². The second-order valence-electron chi connectivity index (χ2n) is 6.41. The number of aromatic nitrogens is 2. The number of amides is 1. The fraction of sp³-hybridized carbons (Fsp3) is 0.130. The van der Waals surface area contributed by atoms with E-state index in [1.165, 1.54) is 0 Å². The Hall–Kier alpha value is -3.80. The zero-order valence-electron chi connectivity index (χ0n) is 16.3. The molecule has 0 spiro atoms. The number of aryl methyl sites for hydroxylation is 1. The highest BCUT2D eigenvalue weighted by molar-refractivity contribution is 6.05. The van der Waals surface area contributed by atoms with Crippen LogP contribution < -0.4 is 14.8 Å². The van der Waals surface area contributed by atoms with Gasteiger partial charge in [-0.3, -0.25) is 9.20 Å². The van der Waals surface area contributed by atoms with Crippen molar-refractivity contribution in [2.45, 2.75) is 13.8 Å². The van der Waals surface area contributed by atoms with Gasteiger partial charge in [0, 0.05) is 6.20 Å². The molecule has 4 rings (SSSR count). The van der Waals surface area contributed by atoms with Gasteiger partial charge in [0.15, 0.2) is 17.1 Å². The second-order valence-corrected chi connectivity index (χ2v) is 6.41. The summed E-state index contributed by atoms with van der Waals surface area (Å²) in [6.07, 6.45) is 1.80. The molecule has 0 aliphatic carbocycles. The predicted molar refractivity (Wildman–Crippen MR) is 112 cm³/mol. The molecule has 0 aliphatic rings. The van der Waals surface area contributed by atoms with E-state index in [9.17, 15) is 4.79 Å². The van der Waals surface area contributed by atoms with Crippen molar-refractivity contribution >= 4 is 17.2 Å². The van der Waals surface area contributed by atoms with Crippen LogP contribution in [-0.4, -0.2) is 21.9 Å². The number of ether oxygens (including phenoxy) is 2. The van der Waals surface area contributed by atoms with Gasteiger partial charge < -0.3 is 14.8 Å². The third-order valence-corrected chi connectivity index (χ3v) is 4.41. The van der Waals surface area contributed by atoms with Crippen LogP contribution in [0.25, 0.3) is 5.65 Å². The number of carbonyl (C=O) groups excluding carboxylic acids is 1. The van der Waals surface area contributed by atoms with Crippen LogP contribution in [0.15, 0.2) is 72.9 Å². The SMILES string of the molecule is CCOc1cccn2c(C(=O)Nc3ccccc3Oc3ccccc3)c(C)nc12. The normalized spacial score (nSPS) is 10.7. The number of fused-ring (bicyclic) bond motifs is 1. The zero-order chi connectivity index (χ0) is 20.2. The van der Waals surface area contributed by atoms with Crippen molar-refractivity contribution in [1.29, 1.82) is 0 Å². The molecule has 1 N–H and O–H groups in total. The molecule has 6 heteroatoms. The lowest BCUT2D eigenvalue weighted by Crippen LogP contribution is -2.16. The Labute approximate surface area is 168 Å². The summed E-state index contributed by atoms with van der Waals surface area (Å²) in [4.78, 5) is 17.6. The standard InChI is InChI=1S/C23H21N3O3/c1-3-28-20-14-9-15-26-21(16(2)24-22(20)26)23(27)25-18-12-7-8-13-19(18)29-17-10-5-4-6-11-17/h4-15H,3H2,1-2H3,(H,25,27). The molecule has 4 aromatic rings. The monoisotopic (exact) mass is 387 g/mol. The first-order valence-corrected chi connectivity index (χ1v) is 9.41. The van der Waals surface area contributed by atoms with Gasteiger partial charge in [-0.15, -0.1) is 0 Å². The van der Waals surface area contributed by atoms with Gasteiger partial charge in [0.25, 0.3) is 5.91 Å². The number of hydrogen-bond donors (Lipinski definition) is 1. The fourth-order valence-electron chi connectivity index (χ4n) is 3.15. The maximum absolute atomic E-state index is 13.1. The van der Waals surface area contributed by atoms with E-state index >= 15 is 0 Å². The van der Waals surface area contributed by atoms with E-state index in [1.807, 2.05) is 74.5 Å². The number of benzene rings is 2. The summed E-state index contributed by atoms with van der Waals surface area (Å²) in [7, 11) is 0. The summed E-state index contributed by atoms with van der Waals surface area (Å²) in [5, 5.41) is 2.95. The molecule has 0 unspecified atom stereocenters. The number of carbonyl (C=O) groups is 1. The van der Waals surface area contributed by atoms with Crippen LogP contribution in [0.2, 0.25) is 0 Å². The minimum Gasteiger partial charge on any atom is -0.490 e. The Balaban J connectivity index is 1.66. The average molecular weight is 387 g/mol. The number of pyridine rings is 1. The van der Waals surface area contributed by atoms with Crippen molar-refractivity contribution in [3.05, 3.63) is 84.3 Å². The summed E-state index contributed by atoms with van der Waals surface area (Å²) in [5.41, 5.74) is 2.27. The van der Waals surface area contributed by atoms with E-state index in [0.717, 1.165) is 0 Å². The van der Waals surface area contributed by atoms with Crippen LogP contribution in [0.5, 0.6) is 17.2 Å². The van der Waals surface area contributed by atoms with Gasteiger partial charge in [0.1, 0.15) is 11.4 Å². The number of nitrogens with one attached hydrogen (secondary N) is 1. The molecule has 2 aromatic carbocycles. The van der Waals surface area contributed by atoms with Crippen molar-refractivity contribution in [2.24, 2.45) is 0 Å². The fourth-order valence-corrected chi connectivity index (χ4v) is 3.15. The zero-order valence-corrected chi connectivity index (χ0v) is 16.3. The van der Waals surface area contributed by atoms with Crippen molar-refractivity contribution in [2.75, 3.05) is 11.9 Å². The van der Waals surface area contributed by atoms with Gasteiger partial charge in [0.05, 0.1) is 18.0 Å². The molecule has 0 bridgehead atoms. The number of nitrogens with zero attached hydrogens (tertiary/aromatic N) is 2. The van der Waals surface area contributed by atoms with Crippen LogP contribution in [0, 0.1) is 6.92 Å². The first-order valence-electron chi connectivity index (χ1n) is 9.41. The maximum Gasteiger partial charge on any atom is 0.274 e. The van der Waals surface area contributed by atoms with Gasteiger partial charge in [-0.05, 0) is 50.2 Å². The molecule has 0 saturated carbocycles. The van der Waals surface area contributed by atoms with Crippen molar-refractivity contribution in [3.63, 3.8) is 0 Å². The average Bonchev–Trinajstić information content (AvgIpc) is 3.07. The molecule has 0 fully saturated rings. The van der Waals surface area contributed by atoms with Gasteiger partial charge in [-0.2, -0.15) is 0 Å². The molecule has 6 nitrogen and oxygen atoms in total. The van der Waals surface area contributed by atoms with Gasteiger partial charge >= 0.3 is 0 Å². The quantitative estimate of drug-likeness (QED) is 0.501. The molecule has 2 aromatic heterocycles. The van der Waals surface area contributed by atoms with Gasteiger partial charge in [-0.25, -0.2) is 4.98 Å². The Morgan fingerprint density at radius 2 is 1.72 bits per heavy atom. The van der Waals surface area contributed by atoms with E-state index in [1.54, 1.807) is 16.7 Å². The molecule has 0 aliphatic heterocycles. The van der Waals surface area contributed by atoms with Crippen LogP contribution >= 0.6 is 0 Å². The summed E-state index contributed by atoms with van der Waals surface area (Å²) in [6.45, 7) is 4.25. The molecule has 0 atom stereocenters. The summed E-state index contributed by atoms with van der Waals surface area (Å²) >= 11 is 0. The van der Waals surface area contributed by atoms with E-state index in [-0.39, 0.29) is 5.91 Å². The van der Waals surface area contributed by atoms with Crippen molar-refractivity contribution in [3.8, 4) is 17.2 Å². The first-order chi connectivity index (χ1) is 14.2. The molecule has 1 amide bonds. The topological polar surface area (TPSA) is 64.9 Å². The molecule has 2 heterocycles. The lowest BCUT2D eigenvalue weighted by Gasteiger charge is -2.12. The highest BCUT2D eigenvalue weighted by Gasteiger charge is 2.20. The minimum atomic E-state index is -0.271. The largest absolute Gasteiger partial charge is 0.490 e. The smallest absolute Gasteiger partial charge is 0.274 e. The summed E-state index contributed by atoms with van der Waals surface area (Å²) < 4.78 is 13.3. The van der Waals surface area contributed by atoms with E-state index in [0.29, 0.717) is 46.6 Å². The van der Waals surface area contributed by atoms with E-state index in [2.05, 4.69) is 10.3 Å². The van der Waals surface area contributed by atoms with Crippen LogP contribution in [0.3, 0.4) is 0 Å². The molecule has 0 radical (unpaired) electrons. The molecule has 0 saturated heterocycles. The number of rotatable bonds is 6. The Morgan fingerprint density at radius 1 is 1.00 bits per heavy atom. The Kier molecular flexibility index (Phi) is 5.16. The second kappa shape index (κ2) is 8.06. The van der Waals surface area contributed by atoms with Crippen LogP contribution in [0.4, 0.5) is 5.69 Å². The number of anilines is 1. The van der Waals surface area contributed by atoms with E-state index in [4.69, 9.17) is 9.47 Å². The lowest BCUT2D eigenvalue weighted by atomic mass is 10.2. The Morgan fingerprint density at radius 3 is 2.52 bits per heavy atom. The molecular weight excluding hydrogens is 366 g/mol.